The van der Waals surface area contributed by atoms with Crippen molar-refractivity contribution < 1.29 is 17.9 Å². The maximum absolute atomic E-state index is 12.6. The molecule has 2 N–H and O–H groups in total. The van der Waals surface area contributed by atoms with Crippen LogP contribution in [0.3, 0.4) is 0 Å². The molecule has 1 aliphatic heterocycles. The minimum absolute atomic E-state index is 0.0813. The molecule has 2 heterocycles. The van der Waals surface area contributed by atoms with Gasteiger partial charge in [0, 0.05) is 13.1 Å². The van der Waals surface area contributed by atoms with Gasteiger partial charge in [-0.2, -0.15) is 4.31 Å². The Morgan fingerprint density at radius 2 is 2.14 bits per heavy atom. The smallest absolute Gasteiger partial charge is 0.310 e. The lowest BCUT2D eigenvalue weighted by Gasteiger charge is -2.14. The van der Waals surface area contributed by atoms with Crippen molar-refractivity contribution in [1.29, 1.82) is 0 Å². The van der Waals surface area contributed by atoms with Crippen molar-refractivity contribution in [3.05, 3.63) is 17.0 Å². The first-order chi connectivity index (χ1) is 9.77. The maximum atomic E-state index is 12.6. The molecular weight excluding hydrogens is 332 g/mol. The summed E-state index contributed by atoms with van der Waals surface area (Å²) >= 11 is 5.88. The van der Waals surface area contributed by atoms with E-state index < -0.39 is 15.9 Å². The van der Waals surface area contributed by atoms with Gasteiger partial charge < -0.3 is 10.5 Å². The second-order valence-electron chi connectivity index (χ2n) is 4.91. The summed E-state index contributed by atoms with van der Waals surface area (Å²) in [5.74, 6) is -0.891. The zero-order valence-corrected chi connectivity index (χ0v) is 14.1. The number of hydrogen-bond donors (Lipinski definition) is 1. The van der Waals surface area contributed by atoms with Crippen LogP contribution in [0.4, 0.5) is 0 Å². The summed E-state index contributed by atoms with van der Waals surface area (Å²) in [7, 11) is -2.32. The molecule has 0 saturated carbocycles. The number of esters is 1. The van der Waals surface area contributed by atoms with E-state index in [0.29, 0.717) is 11.4 Å². The number of carbonyl (C=O) groups is 1. The molecule has 0 bridgehead atoms. The number of rotatable bonds is 4. The van der Waals surface area contributed by atoms with E-state index in [1.165, 1.54) is 17.5 Å². The summed E-state index contributed by atoms with van der Waals surface area (Å²) < 4.78 is 31.4. The van der Waals surface area contributed by atoms with Gasteiger partial charge in [0.15, 0.2) is 0 Å². The Morgan fingerprint density at radius 1 is 1.48 bits per heavy atom. The number of thiocarbonyl (C=S) groups is 1. The van der Waals surface area contributed by atoms with Crippen LogP contribution in [-0.4, -0.2) is 43.9 Å². The summed E-state index contributed by atoms with van der Waals surface area (Å²) in [4.78, 5) is 12.4. The maximum Gasteiger partial charge on any atom is 0.310 e. The van der Waals surface area contributed by atoms with Crippen LogP contribution in [0, 0.1) is 11.8 Å². The molecule has 2 rings (SSSR count). The summed E-state index contributed by atoms with van der Waals surface area (Å²) in [6.07, 6.45) is 0. The molecule has 0 spiro atoms. The van der Waals surface area contributed by atoms with E-state index >= 15 is 0 Å². The predicted octanol–water partition coefficient (Wildman–Crippen LogP) is 0.812. The molecule has 1 saturated heterocycles. The van der Waals surface area contributed by atoms with Gasteiger partial charge in [-0.15, -0.1) is 11.3 Å². The van der Waals surface area contributed by atoms with Crippen LogP contribution in [-0.2, 0) is 19.6 Å². The van der Waals surface area contributed by atoms with Crippen LogP contribution < -0.4 is 5.73 Å². The van der Waals surface area contributed by atoms with Crippen LogP contribution >= 0.6 is 23.6 Å². The Labute approximate surface area is 132 Å². The minimum atomic E-state index is -3.63. The van der Waals surface area contributed by atoms with Gasteiger partial charge in [-0.1, -0.05) is 19.1 Å². The Kier molecular flexibility index (Phi) is 4.66. The number of sulfonamides is 1. The van der Waals surface area contributed by atoms with Crippen LogP contribution in [0.2, 0.25) is 0 Å². The SMILES string of the molecule is COC(=O)C1CN(S(=O)(=O)c2ccc(C(N)=S)s2)CC1C. The molecule has 1 aliphatic rings. The zero-order chi connectivity index (χ0) is 15.8. The van der Waals surface area contributed by atoms with Crippen molar-refractivity contribution in [2.75, 3.05) is 20.2 Å². The van der Waals surface area contributed by atoms with Crippen molar-refractivity contribution in [1.82, 2.24) is 4.31 Å². The molecule has 6 nitrogen and oxygen atoms in total. The Hall–Kier alpha value is -1.03. The van der Waals surface area contributed by atoms with Crippen LogP contribution in [0.15, 0.2) is 16.3 Å². The monoisotopic (exact) mass is 348 g/mol. The van der Waals surface area contributed by atoms with Gasteiger partial charge in [0.25, 0.3) is 10.0 Å². The van der Waals surface area contributed by atoms with Gasteiger partial charge in [-0.05, 0) is 18.1 Å². The summed E-state index contributed by atoms with van der Waals surface area (Å²) in [6, 6.07) is 3.09. The molecule has 1 fully saturated rings. The average molecular weight is 348 g/mol. The summed E-state index contributed by atoms with van der Waals surface area (Å²) in [5, 5.41) is 0. The first-order valence-corrected chi connectivity index (χ1v) is 8.91. The van der Waals surface area contributed by atoms with Crippen molar-refractivity contribution in [2.45, 2.75) is 11.1 Å². The molecular formula is C12H16N2O4S3. The van der Waals surface area contributed by atoms with E-state index in [-0.39, 0.29) is 27.6 Å². The number of carbonyl (C=O) groups excluding carboxylic acids is 1. The molecule has 21 heavy (non-hydrogen) atoms. The normalized spacial score (nSPS) is 23.1. The minimum Gasteiger partial charge on any atom is -0.469 e. The van der Waals surface area contributed by atoms with E-state index in [1.54, 1.807) is 6.07 Å². The topological polar surface area (TPSA) is 89.7 Å². The van der Waals surface area contributed by atoms with E-state index in [4.69, 9.17) is 22.7 Å². The zero-order valence-electron chi connectivity index (χ0n) is 11.6. The van der Waals surface area contributed by atoms with E-state index in [0.717, 1.165) is 11.3 Å². The second-order valence-corrected chi connectivity index (χ2v) is 8.60. The second kappa shape index (κ2) is 5.99. The third kappa shape index (κ3) is 3.10. The molecule has 1 aromatic heterocycles. The van der Waals surface area contributed by atoms with Gasteiger partial charge in [0.05, 0.1) is 17.9 Å². The molecule has 0 aromatic carbocycles. The number of nitrogens with two attached hydrogens (primary N) is 1. The highest BCUT2D eigenvalue weighted by molar-refractivity contribution is 7.91. The largest absolute Gasteiger partial charge is 0.469 e. The van der Waals surface area contributed by atoms with Crippen LogP contribution in [0.25, 0.3) is 0 Å². The highest BCUT2D eigenvalue weighted by Gasteiger charge is 2.41. The third-order valence-corrected chi connectivity index (χ3v) is 7.27. The standard InChI is InChI=1S/C12H16N2O4S3/c1-7-5-14(6-8(7)12(15)18-2)21(16,17)10-4-3-9(20-10)11(13)19/h3-4,7-8H,5-6H2,1-2H3,(H2,13,19). The Balaban J connectivity index is 2.24. The van der Waals surface area contributed by atoms with E-state index in [1.807, 2.05) is 6.92 Å². The fourth-order valence-electron chi connectivity index (χ4n) is 2.30. The lowest BCUT2D eigenvalue weighted by Crippen LogP contribution is -2.29. The first kappa shape index (κ1) is 16.3. The van der Waals surface area contributed by atoms with Gasteiger partial charge in [-0.25, -0.2) is 8.42 Å². The molecule has 9 heteroatoms. The van der Waals surface area contributed by atoms with Crippen molar-refractivity contribution >= 4 is 44.5 Å². The molecule has 2 atom stereocenters. The van der Waals surface area contributed by atoms with Gasteiger partial charge in [-0.3, -0.25) is 4.79 Å². The fraction of sp³-hybridized carbons (Fsp3) is 0.500. The number of thiophene rings is 1. The van der Waals surface area contributed by atoms with Gasteiger partial charge in [0.1, 0.15) is 9.20 Å². The Bertz CT molecular complexity index is 668. The van der Waals surface area contributed by atoms with Crippen molar-refractivity contribution in [2.24, 2.45) is 17.6 Å². The average Bonchev–Trinajstić information content (AvgIpc) is 3.04. The quantitative estimate of drug-likeness (QED) is 0.640. The molecule has 2 unspecified atom stereocenters. The molecule has 1 aromatic rings. The van der Waals surface area contributed by atoms with Gasteiger partial charge >= 0.3 is 5.97 Å². The highest BCUT2D eigenvalue weighted by Crippen LogP contribution is 2.32. The molecule has 0 amide bonds. The molecule has 0 radical (unpaired) electrons. The summed E-state index contributed by atoms with van der Waals surface area (Å²) in [6.45, 7) is 2.27. The van der Waals surface area contributed by atoms with Crippen LogP contribution in [0.5, 0.6) is 0 Å². The number of ether oxygens (including phenoxy) is 1. The number of methoxy groups -OCH3 is 1. The summed E-state index contributed by atoms with van der Waals surface area (Å²) in [5.41, 5.74) is 5.50. The van der Waals surface area contributed by atoms with Crippen LogP contribution in [0.1, 0.15) is 11.8 Å². The Morgan fingerprint density at radius 3 is 2.67 bits per heavy atom. The lowest BCUT2D eigenvalue weighted by molar-refractivity contribution is -0.145. The number of nitrogens with zero attached hydrogens (tertiary/aromatic N) is 1. The van der Waals surface area contributed by atoms with E-state index in [9.17, 15) is 13.2 Å². The molecule has 0 aliphatic carbocycles. The fourth-order valence-corrected chi connectivity index (χ4v) is 5.37. The van der Waals surface area contributed by atoms with Gasteiger partial charge in [0.2, 0.25) is 0 Å². The number of hydrogen-bond acceptors (Lipinski definition) is 6. The third-order valence-electron chi connectivity index (χ3n) is 3.50. The predicted molar refractivity (Wildman–Crippen MR) is 83.6 cm³/mol. The van der Waals surface area contributed by atoms with Crippen molar-refractivity contribution in [3.8, 4) is 0 Å². The lowest BCUT2D eigenvalue weighted by atomic mass is 9.99. The van der Waals surface area contributed by atoms with Crippen molar-refractivity contribution in [3.63, 3.8) is 0 Å². The van der Waals surface area contributed by atoms with E-state index in [2.05, 4.69) is 0 Å². The molecule has 116 valence electrons. The highest BCUT2D eigenvalue weighted by atomic mass is 32.2. The first-order valence-electron chi connectivity index (χ1n) is 6.25.